The highest BCUT2D eigenvalue weighted by Crippen LogP contribution is 2.35. The average Bonchev–Trinajstić information content (AvgIpc) is 3.66. The normalized spacial score (nSPS) is 13.4. The minimum atomic E-state index is 0.274. The van der Waals surface area contributed by atoms with Gasteiger partial charge in [-0.15, -0.1) is 0 Å². The summed E-state index contributed by atoms with van der Waals surface area (Å²) in [5.41, 5.74) is 7.22. The van der Waals surface area contributed by atoms with Crippen LogP contribution in [0.25, 0.3) is 11.3 Å². The van der Waals surface area contributed by atoms with E-state index in [-0.39, 0.29) is 13.6 Å². The minimum absolute atomic E-state index is 0.274. The first-order chi connectivity index (χ1) is 18.7. The fraction of sp³-hybridized carbons (Fsp3) is 0.323. The molecule has 6 rings (SSSR count). The molecule has 7 nitrogen and oxygen atoms in total. The molecule has 0 spiro atoms. The van der Waals surface area contributed by atoms with Crippen LogP contribution in [0.1, 0.15) is 42.1 Å². The molecule has 0 radical (unpaired) electrons. The van der Waals surface area contributed by atoms with E-state index < -0.39 is 0 Å². The first-order valence-corrected chi connectivity index (χ1v) is 13.3. The lowest BCUT2D eigenvalue weighted by molar-refractivity contribution is 0.173. The van der Waals surface area contributed by atoms with Crippen LogP contribution in [0.3, 0.4) is 0 Å². The number of ether oxygens (including phenoxy) is 4. The molecule has 7 heteroatoms. The van der Waals surface area contributed by atoms with E-state index in [1.165, 1.54) is 27.9 Å². The maximum absolute atomic E-state index is 5.65. The van der Waals surface area contributed by atoms with E-state index in [1.54, 1.807) is 0 Å². The second-order valence-corrected chi connectivity index (χ2v) is 9.89. The Morgan fingerprint density at radius 2 is 1.37 bits per heavy atom. The van der Waals surface area contributed by atoms with Crippen molar-refractivity contribution in [3.8, 4) is 34.3 Å². The van der Waals surface area contributed by atoms with Gasteiger partial charge in [0.05, 0.1) is 11.4 Å². The van der Waals surface area contributed by atoms with Gasteiger partial charge in [-0.05, 0) is 48.2 Å². The molecule has 0 unspecified atom stereocenters. The van der Waals surface area contributed by atoms with E-state index in [4.69, 9.17) is 24.0 Å². The second-order valence-electron chi connectivity index (χ2n) is 9.89. The molecule has 3 aromatic carbocycles. The molecule has 0 N–H and O–H groups in total. The first kappa shape index (κ1) is 24.4. The highest BCUT2D eigenvalue weighted by atomic mass is 16.7. The number of rotatable bonds is 10. The zero-order chi connectivity index (χ0) is 25.9. The van der Waals surface area contributed by atoms with Crippen molar-refractivity contribution < 1.29 is 18.9 Å². The third kappa shape index (κ3) is 5.07. The van der Waals surface area contributed by atoms with E-state index in [9.17, 15) is 0 Å². The first-order valence-electron chi connectivity index (χ1n) is 13.3. The van der Waals surface area contributed by atoms with Crippen LogP contribution in [-0.4, -0.2) is 28.3 Å². The zero-order valence-corrected chi connectivity index (χ0v) is 22.0. The quantitative estimate of drug-likeness (QED) is 0.257. The molecule has 38 heavy (non-hydrogen) atoms. The second kappa shape index (κ2) is 10.8. The van der Waals surface area contributed by atoms with E-state index >= 15 is 0 Å². The number of benzene rings is 3. The number of aryl methyl sites for hydroxylation is 1. The Balaban J connectivity index is 1.33. The highest BCUT2D eigenvalue weighted by molar-refractivity contribution is 5.64. The van der Waals surface area contributed by atoms with Crippen LogP contribution >= 0.6 is 0 Å². The Hall–Kier alpha value is -3.97. The molecule has 2 aliphatic heterocycles. The van der Waals surface area contributed by atoms with Crippen LogP contribution in [0.5, 0.6) is 23.0 Å². The number of nitrogens with zero attached hydrogens (tertiary/aromatic N) is 3. The van der Waals surface area contributed by atoms with Gasteiger partial charge in [0.15, 0.2) is 23.0 Å². The van der Waals surface area contributed by atoms with Crippen molar-refractivity contribution in [3.05, 3.63) is 89.1 Å². The van der Waals surface area contributed by atoms with Crippen molar-refractivity contribution in [1.29, 1.82) is 0 Å². The summed E-state index contributed by atoms with van der Waals surface area (Å²) in [4.78, 5) is 2.43. The maximum atomic E-state index is 5.65. The number of hydrogen-bond acceptors (Lipinski definition) is 6. The fourth-order valence-corrected chi connectivity index (χ4v) is 5.30. The summed E-state index contributed by atoms with van der Waals surface area (Å²) < 4.78 is 24.4. The van der Waals surface area contributed by atoms with Gasteiger partial charge >= 0.3 is 0 Å². The van der Waals surface area contributed by atoms with Crippen LogP contribution < -0.4 is 18.9 Å². The highest BCUT2D eigenvalue weighted by Gasteiger charge is 2.22. The lowest BCUT2D eigenvalue weighted by atomic mass is 10.00. The Labute approximate surface area is 223 Å². The van der Waals surface area contributed by atoms with Crippen LogP contribution in [-0.2, 0) is 33.1 Å². The number of hydrogen-bond donors (Lipinski definition) is 0. The average molecular weight is 512 g/mol. The monoisotopic (exact) mass is 511 g/mol. The van der Waals surface area contributed by atoms with Crippen molar-refractivity contribution in [3.63, 3.8) is 0 Å². The topological polar surface area (TPSA) is 58.0 Å². The van der Waals surface area contributed by atoms with Crippen molar-refractivity contribution in [2.24, 2.45) is 7.05 Å². The summed E-state index contributed by atoms with van der Waals surface area (Å²) in [5, 5.41) is 5.06. The number of aromatic nitrogens is 2. The molecule has 3 heterocycles. The molecule has 0 amide bonds. The molecule has 0 saturated heterocycles. The lowest BCUT2D eigenvalue weighted by Gasteiger charge is -2.23. The Morgan fingerprint density at radius 3 is 1.97 bits per heavy atom. The summed E-state index contributed by atoms with van der Waals surface area (Å²) in [6.07, 6.45) is 3.27. The van der Waals surface area contributed by atoms with Crippen molar-refractivity contribution in [2.75, 3.05) is 13.6 Å². The molecule has 0 aliphatic carbocycles. The molecule has 196 valence electrons. The van der Waals surface area contributed by atoms with Gasteiger partial charge in [-0.3, -0.25) is 9.58 Å². The van der Waals surface area contributed by atoms with Gasteiger partial charge in [0, 0.05) is 37.8 Å². The van der Waals surface area contributed by atoms with Crippen molar-refractivity contribution in [2.45, 2.75) is 45.8 Å². The van der Waals surface area contributed by atoms with Gasteiger partial charge in [0.25, 0.3) is 0 Å². The van der Waals surface area contributed by atoms with Crippen molar-refractivity contribution in [1.82, 2.24) is 14.7 Å². The smallest absolute Gasteiger partial charge is 0.231 e. The van der Waals surface area contributed by atoms with Gasteiger partial charge in [-0.1, -0.05) is 55.8 Å². The van der Waals surface area contributed by atoms with E-state index in [1.807, 2.05) is 12.1 Å². The molecule has 4 aromatic rings. The third-order valence-corrected chi connectivity index (χ3v) is 7.12. The van der Waals surface area contributed by atoms with Crippen LogP contribution in [0.4, 0.5) is 0 Å². The Kier molecular flexibility index (Phi) is 6.92. The van der Waals surface area contributed by atoms with E-state index in [0.29, 0.717) is 0 Å². The zero-order valence-electron chi connectivity index (χ0n) is 22.0. The molecule has 2 aliphatic rings. The predicted octanol–water partition coefficient (Wildman–Crippen LogP) is 6.09. The summed E-state index contributed by atoms with van der Waals surface area (Å²) in [5.74, 6) is 3.21. The van der Waals surface area contributed by atoms with E-state index in [0.717, 1.165) is 67.6 Å². The molecular formula is C31H33N3O4. The Morgan fingerprint density at radius 1 is 0.763 bits per heavy atom. The van der Waals surface area contributed by atoms with Crippen molar-refractivity contribution >= 4 is 0 Å². The van der Waals surface area contributed by atoms with Crippen LogP contribution in [0.15, 0.2) is 66.7 Å². The number of fused-ring (bicyclic) bond motifs is 2. The standard InChI is InChI=1S/C31H33N3O4/c1-3-4-10-25-26(32-33(2)31(25)24-8-6-5-7-9-24)19-34(17-22-11-13-27-29(15-22)37-20-35-27)18-23-12-14-28-30(16-23)38-21-36-28/h5-9,11-16H,3-4,10,17-21H2,1-2H3. The summed E-state index contributed by atoms with van der Waals surface area (Å²) in [6, 6.07) is 23.0. The number of unbranched alkanes of at least 4 members (excludes halogenated alkanes) is 1. The van der Waals surface area contributed by atoms with E-state index in [2.05, 4.69) is 78.2 Å². The van der Waals surface area contributed by atoms with Gasteiger partial charge in [0.2, 0.25) is 13.6 Å². The van der Waals surface area contributed by atoms with Crippen LogP contribution in [0.2, 0.25) is 0 Å². The molecule has 0 atom stereocenters. The predicted molar refractivity (Wildman–Crippen MR) is 145 cm³/mol. The fourth-order valence-electron chi connectivity index (χ4n) is 5.30. The largest absolute Gasteiger partial charge is 0.454 e. The van der Waals surface area contributed by atoms with Crippen LogP contribution in [0, 0.1) is 0 Å². The van der Waals surface area contributed by atoms with Gasteiger partial charge in [0.1, 0.15) is 0 Å². The summed E-state index contributed by atoms with van der Waals surface area (Å²) in [6.45, 7) is 5.00. The lowest BCUT2D eigenvalue weighted by Crippen LogP contribution is -2.23. The third-order valence-electron chi connectivity index (χ3n) is 7.12. The molecule has 1 aromatic heterocycles. The minimum Gasteiger partial charge on any atom is -0.454 e. The molecular weight excluding hydrogens is 478 g/mol. The molecule has 0 saturated carbocycles. The molecule has 0 bridgehead atoms. The SMILES string of the molecule is CCCCc1c(CN(Cc2ccc3c(c2)OCO3)Cc2ccc3c(c2)OCO3)nn(C)c1-c1ccccc1. The maximum Gasteiger partial charge on any atom is 0.231 e. The molecule has 0 fully saturated rings. The summed E-state index contributed by atoms with van der Waals surface area (Å²) in [7, 11) is 2.06. The van der Waals surface area contributed by atoms with Gasteiger partial charge in [-0.25, -0.2) is 0 Å². The summed E-state index contributed by atoms with van der Waals surface area (Å²) >= 11 is 0. The van der Waals surface area contributed by atoms with Gasteiger partial charge < -0.3 is 18.9 Å². The Bertz CT molecular complexity index is 1360. The van der Waals surface area contributed by atoms with Gasteiger partial charge in [-0.2, -0.15) is 5.10 Å².